The zero-order valence-electron chi connectivity index (χ0n) is 8.72. The van der Waals surface area contributed by atoms with Crippen LogP contribution < -0.4 is 15.3 Å². The van der Waals surface area contributed by atoms with Gasteiger partial charge in [-0.1, -0.05) is 0 Å². The second-order valence-corrected chi connectivity index (χ2v) is 3.84. The van der Waals surface area contributed by atoms with Crippen LogP contribution in [0.15, 0.2) is 5.11 Å². The van der Waals surface area contributed by atoms with Gasteiger partial charge in [0.15, 0.2) is 0 Å². The number of hydrogen-bond donors (Lipinski definition) is 2. The number of amides is 1. The third-order valence-corrected chi connectivity index (χ3v) is 2.84. The molecule has 0 unspecified atom stereocenters. The van der Waals surface area contributed by atoms with Gasteiger partial charge in [0, 0.05) is 12.5 Å². The van der Waals surface area contributed by atoms with Gasteiger partial charge >= 0.3 is 0 Å². The highest BCUT2D eigenvalue weighted by molar-refractivity contribution is 5.62. The first-order valence-corrected chi connectivity index (χ1v) is 5.08. The number of carbonyl (C=O) groups excluding carboxylic acids is 1. The van der Waals surface area contributed by atoms with E-state index in [4.69, 9.17) is 10.8 Å². The number of carbonyl (C=O) groups is 1. The minimum atomic E-state index is -1.34. The standard InChI is InChI=1S/C9H13N5O2/c10-4-3-6-1-2-7(13-14-11)5-8(6)12-9(15)16/h6-8,11-12H,1-3,5H2/t6-,7+,8-/m1/s1. The lowest BCUT2D eigenvalue weighted by molar-refractivity contribution is -0.252. The van der Waals surface area contributed by atoms with Crippen molar-refractivity contribution in [2.45, 2.75) is 37.8 Å². The molecule has 16 heavy (non-hydrogen) atoms. The summed E-state index contributed by atoms with van der Waals surface area (Å²) in [6.45, 7) is 0. The minimum absolute atomic E-state index is 0.0000775. The molecule has 2 N–H and O–H groups in total. The van der Waals surface area contributed by atoms with Crippen molar-refractivity contribution in [3.8, 4) is 6.07 Å². The lowest BCUT2D eigenvalue weighted by atomic mass is 9.80. The van der Waals surface area contributed by atoms with E-state index in [9.17, 15) is 9.90 Å². The highest BCUT2D eigenvalue weighted by atomic mass is 16.4. The van der Waals surface area contributed by atoms with Crippen LogP contribution in [-0.4, -0.2) is 18.2 Å². The summed E-state index contributed by atoms with van der Waals surface area (Å²) < 4.78 is 0. The van der Waals surface area contributed by atoms with Gasteiger partial charge in [-0.2, -0.15) is 5.26 Å². The Bertz CT molecular complexity index is 344. The van der Waals surface area contributed by atoms with E-state index in [2.05, 4.69) is 15.3 Å². The van der Waals surface area contributed by atoms with E-state index in [0.717, 1.165) is 6.42 Å². The Morgan fingerprint density at radius 3 is 3.00 bits per heavy atom. The highest BCUT2D eigenvalue weighted by Crippen LogP contribution is 2.28. The molecule has 1 aliphatic carbocycles. The SMILES string of the molecule is N#CC[C@H]1CC[C@H](N=[N+]=N)C[C@H]1NC(=O)[O-]. The Kier molecular flexibility index (Phi) is 4.42. The van der Waals surface area contributed by atoms with Crippen molar-refractivity contribution in [2.75, 3.05) is 0 Å². The lowest BCUT2D eigenvalue weighted by Gasteiger charge is -2.32. The third-order valence-electron chi connectivity index (χ3n) is 2.84. The Morgan fingerprint density at radius 2 is 2.44 bits per heavy atom. The second-order valence-electron chi connectivity index (χ2n) is 3.84. The van der Waals surface area contributed by atoms with Crippen LogP contribution in [0.5, 0.6) is 0 Å². The summed E-state index contributed by atoms with van der Waals surface area (Å²) in [6, 6.07) is 1.58. The molecule has 0 aromatic rings. The van der Waals surface area contributed by atoms with Gasteiger partial charge in [0.1, 0.15) is 22.8 Å². The van der Waals surface area contributed by atoms with E-state index in [1.165, 1.54) is 0 Å². The molecule has 1 fully saturated rings. The highest BCUT2D eigenvalue weighted by Gasteiger charge is 2.32. The maximum Gasteiger partial charge on any atom is 0.214 e. The van der Waals surface area contributed by atoms with E-state index in [1.807, 2.05) is 6.07 Å². The van der Waals surface area contributed by atoms with E-state index < -0.39 is 6.09 Å². The number of carboxylic acid groups (broad SMARTS) is 1. The van der Waals surface area contributed by atoms with Crippen LogP contribution in [0.25, 0.3) is 0 Å². The van der Waals surface area contributed by atoms with E-state index in [-0.39, 0.29) is 18.0 Å². The molecule has 0 aromatic heterocycles. The predicted octanol–water partition coefficient (Wildman–Crippen LogP) is -0.0793. The van der Waals surface area contributed by atoms with Crippen molar-refractivity contribution in [3.63, 3.8) is 0 Å². The normalized spacial score (nSPS) is 28.6. The number of nitrogens with one attached hydrogen (secondary N) is 2. The van der Waals surface area contributed by atoms with Gasteiger partial charge in [-0.3, -0.25) is 0 Å². The van der Waals surface area contributed by atoms with Gasteiger partial charge in [-0.15, -0.1) is 0 Å². The van der Waals surface area contributed by atoms with Crippen molar-refractivity contribution >= 4 is 6.09 Å². The first kappa shape index (κ1) is 12.1. The molecule has 1 saturated carbocycles. The molecule has 86 valence electrons. The van der Waals surface area contributed by atoms with Gasteiger partial charge < -0.3 is 15.2 Å². The van der Waals surface area contributed by atoms with Gasteiger partial charge in [-0.05, 0) is 25.2 Å². The van der Waals surface area contributed by atoms with Crippen LogP contribution in [-0.2, 0) is 0 Å². The Hall–Kier alpha value is -1.93. The number of rotatable bonds is 3. The second kappa shape index (κ2) is 5.83. The van der Waals surface area contributed by atoms with Gasteiger partial charge in [-0.25, -0.2) is 0 Å². The van der Waals surface area contributed by atoms with Crippen LogP contribution in [0.1, 0.15) is 25.7 Å². The van der Waals surface area contributed by atoms with E-state index in [0.29, 0.717) is 19.3 Å². The average Bonchev–Trinajstić information content (AvgIpc) is 2.22. The maximum atomic E-state index is 10.5. The minimum Gasteiger partial charge on any atom is -0.530 e. The summed E-state index contributed by atoms with van der Waals surface area (Å²) in [4.78, 5) is 13.4. The summed E-state index contributed by atoms with van der Waals surface area (Å²) in [7, 11) is 0. The Labute approximate surface area is 92.7 Å². The van der Waals surface area contributed by atoms with Crippen molar-refractivity contribution in [2.24, 2.45) is 11.0 Å². The van der Waals surface area contributed by atoms with Gasteiger partial charge in [0.05, 0.1) is 6.07 Å². The Morgan fingerprint density at radius 1 is 1.69 bits per heavy atom. The molecule has 1 amide bonds. The smallest absolute Gasteiger partial charge is 0.214 e. The molecule has 7 heteroatoms. The summed E-state index contributed by atoms with van der Waals surface area (Å²) in [5.74, 6) is 0.0000775. The van der Waals surface area contributed by atoms with Crippen molar-refractivity contribution < 1.29 is 9.90 Å². The topological polar surface area (TPSA) is 126 Å². The van der Waals surface area contributed by atoms with Crippen molar-refractivity contribution in [1.82, 2.24) is 10.2 Å². The molecule has 0 heterocycles. The molecule has 0 bridgehead atoms. The Balaban J connectivity index is 2.65. The molecule has 0 saturated heterocycles. The summed E-state index contributed by atoms with van der Waals surface area (Å²) in [5.41, 5.74) is 6.63. The number of hydrogen-bond acceptors (Lipinski definition) is 5. The summed E-state index contributed by atoms with van der Waals surface area (Å²) in [5, 5.41) is 25.1. The molecule has 0 spiro atoms. The number of nitrogens with zero attached hydrogens (tertiary/aromatic N) is 3. The largest absolute Gasteiger partial charge is 0.530 e. The number of nitriles is 1. The van der Waals surface area contributed by atoms with Crippen molar-refractivity contribution in [3.05, 3.63) is 0 Å². The third kappa shape index (κ3) is 3.33. The van der Waals surface area contributed by atoms with Crippen LogP contribution >= 0.6 is 0 Å². The van der Waals surface area contributed by atoms with Gasteiger partial charge in [0.2, 0.25) is 4.91 Å². The fourth-order valence-corrected chi connectivity index (χ4v) is 2.09. The predicted molar refractivity (Wildman–Crippen MR) is 51.0 cm³/mol. The van der Waals surface area contributed by atoms with Crippen LogP contribution in [0, 0.1) is 22.8 Å². The first-order valence-electron chi connectivity index (χ1n) is 5.08. The monoisotopic (exact) mass is 223 g/mol. The summed E-state index contributed by atoms with van der Waals surface area (Å²) >= 11 is 0. The quantitative estimate of drug-likeness (QED) is 0.513. The molecule has 0 aliphatic heterocycles. The van der Waals surface area contributed by atoms with Crippen molar-refractivity contribution in [1.29, 1.82) is 10.8 Å². The molecular formula is C9H13N5O2. The zero-order valence-corrected chi connectivity index (χ0v) is 8.72. The fourth-order valence-electron chi connectivity index (χ4n) is 2.09. The maximum absolute atomic E-state index is 10.5. The van der Waals surface area contributed by atoms with Crippen LogP contribution in [0.4, 0.5) is 4.79 Å². The lowest BCUT2D eigenvalue weighted by Crippen LogP contribution is -2.49. The molecule has 3 atom stereocenters. The molecular weight excluding hydrogens is 210 g/mol. The fraction of sp³-hybridized carbons (Fsp3) is 0.778. The van der Waals surface area contributed by atoms with E-state index in [1.54, 1.807) is 0 Å². The molecule has 7 nitrogen and oxygen atoms in total. The molecule has 1 aliphatic rings. The van der Waals surface area contributed by atoms with E-state index >= 15 is 0 Å². The summed E-state index contributed by atoms with van der Waals surface area (Å²) in [6.07, 6.45) is 0.900. The van der Waals surface area contributed by atoms with Crippen LogP contribution in [0.2, 0.25) is 0 Å². The first-order chi connectivity index (χ1) is 7.67. The zero-order chi connectivity index (χ0) is 12.0. The van der Waals surface area contributed by atoms with Gasteiger partial charge in [0.25, 0.3) is 0 Å². The van der Waals surface area contributed by atoms with Crippen LogP contribution in [0.3, 0.4) is 0 Å². The average molecular weight is 223 g/mol. The molecule has 1 rings (SSSR count). The molecule has 0 radical (unpaired) electrons. The molecule has 0 aromatic carbocycles.